The van der Waals surface area contributed by atoms with Crippen LogP contribution in [0.3, 0.4) is 0 Å². The molecule has 0 radical (unpaired) electrons. The van der Waals surface area contributed by atoms with Crippen molar-refractivity contribution in [2.45, 2.75) is 6.92 Å². The highest BCUT2D eigenvalue weighted by atomic mass is 35.5. The molecule has 3 aromatic rings. The molecule has 0 aliphatic heterocycles. The first kappa shape index (κ1) is 18.0. The number of hydrazine groups is 1. The standard InChI is InChI=1S/C17H14Cl2N4O3/c1-10-16(23-7-3-2-4-14(23)20-10)17(25)22-21-15(24)9-26-13-8-11(18)5-6-12(13)19/h2-8H,9H2,1H3,(H,21,24)(H,22,25). The van der Waals surface area contributed by atoms with Crippen LogP contribution in [0.2, 0.25) is 10.0 Å². The van der Waals surface area contributed by atoms with E-state index >= 15 is 0 Å². The number of amides is 2. The number of nitrogens with zero attached hydrogens (tertiary/aromatic N) is 2. The van der Waals surface area contributed by atoms with Crippen molar-refractivity contribution in [1.82, 2.24) is 20.2 Å². The molecule has 0 aliphatic rings. The van der Waals surface area contributed by atoms with Crippen molar-refractivity contribution in [3.63, 3.8) is 0 Å². The smallest absolute Gasteiger partial charge is 0.288 e. The van der Waals surface area contributed by atoms with E-state index in [0.717, 1.165) is 0 Å². The van der Waals surface area contributed by atoms with Gasteiger partial charge in [-0.25, -0.2) is 4.98 Å². The van der Waals surface area contributed by atoms with Gasteiger partial charge in [-0.1, -0.05) is 29.3 Å². The summed E-state index contributed by atoms with van der Waals surface area (Å²) in [6, 6.07) is 10.1. The molecule has 3 rings (SSSR count). The van der Waals surface area contributed by atoms with Crippen LogP contribution >= 0.6 is 23.2 Å². The SMILES string of the molecule is Cc1nc2ccccn2c1C(=O)NNC(=O)COc1cc(Cl)ccc1Cl. The normalized spacial score (nSPS) is 10.6. The van der Waals surface area contributed by atoms with Crippen LogP contribution in [0.4, 0.5) is 0 Å². The minimum absolute atomic E-state index is 0.276. The Balaban J connectivity index is 1.59. The summed E-state index contributed by atoms with van der Waals surface area (Å²) in [5, 5.41) is 0.758. The predicted octanol–water partition coefficient (Wildman–Crippen LogP) is 2.79. The van der Waals surface area contributed by atoms with Crippen LogP contribution in [0, 0.1) is 6.92 Å². The number of ether oxygens (including phenoxy) is 1. The second-order valence-electron chi connectivity index (χ2n) is 5.34. The van der Waals surface area contributed by atoms with Crippen LogP contribution < -0.4 is 15.6 Å². The number of fused-ring (bicyclic) bond motifs is 1. The lowest BCUT2D eigenvalue weighted by atomic mass is 10.3. The fraction of sp³-hybridized carbons (Fsp3) is 0.118. The third kappa shape index (κ3) is 3.89. The number of benzene rings is 1. The van der Waals surface area contributed by atoms with E-state index in [1.54, 1.807) is 41.8 Å². The zero-order chi connectivity index (χ0) is 18.7. The molecule has 26 heavy (non-hydrogen) atoms. The van der Waals surface area contributed by atoms with E-state index in [2.05, 4.69) is 15.8 Å². The lowest BCUT2D eigenvalue weighted by Gasteiger charge is -2.10. The highest BCUT2D eigenvalue weighted by molar-refractivity contribution is 6.34. The van der Waals surface area contributed by atoms with Crippen LogP contribution in [0.1, 0.15) is 16.2 Å². The molecule has 134 valence electrons. The first-order valence-electron chi connectivity index (χ1n) is 7.56. The minimum Gasteiger partial charge on any atom is -0.482 e. The maximum absolute atomic E-state index is 12.4. The Hall–Kier alpha value is -2.77. The highest BCUT2D eigenvalue weighted by Gasteiger charge is 2.17. The molecule has 0 saturated carbocycles. The summed E-state index contributed by atoms with van der Waals surface area (Å²) in [6.45, 7) is 1.38. The second-order valence-corrected chi connectivity index (χ2v) is 6.18. The summed E-state index contributed by atoms with van der Waals surface area (Å²) in [5.74, 6) is -0.769. The van der Waals surface area contributed by atoms with E-state index in [9.17, 15) is 9.59 Å². The maximum atomic E-state index is 12.4. The van der Waals surface area contributed by atoms with Crippen molar-refractivity contribution >= 4 is 40.7 Å². The number of rotatable bonds is 4. The van der Waals surface area contributed by atoms with Gasteiger partial charge in [0.15, 0.2) is 6.61 Å². The van der Waals surface area contributed by atoms with Gasteiger partial charge in [-0.3, -0.25) is 24.8 Å². The molecule has 0 aliphatic carbocycles. The fourth-order valence-electron chi connectivity index (χ4n) is 2.34. The van der Waals surface area contributed by atoms with Gasteiger partial charge < -0.3 is 4.74 Å². The molecule has 2 amide bonds. The second kappa shape index (κ2) is 7.63. The van der Waals surface area contributed by atoms with Gasteiger partial charge in [0, 0.05) is 17.3 Å². The lowest BCUT2D eigenvalue weighted by molar-refractivity contribution is -0.123. The van der Waals surface area contributed by atoms with Gasteiger partial charge >= 0.3 is 0 Å². The van der Waals surface area contributed by atoms with Crippen molar-refractivity contribution in [3.8, 4) is 5.75 Å². The first-order chi connectivity index (χ1) is 12.5. The van der Waals surface area contributed by atoms with E-state index in [-0.39, 0.29) is 12.4 Å². The fourth-order valence-corrected chi connectivity index (χ4v) is 2.67. The molecule has 0 spiro atoms. The molecule has 1 aromatic carbocycles. The minimum atomic E-state index is -0.555. The summed E-state index contributed by atoms with van der Waals surface area (Å²) in [5.41, 5.74) is 6.15. The zero-order valence-electron chi connectivity index (χ0n) is 13.6. The van der Waals surface area contributed by atoms with Crippen molar-refractivity contribution < 1.29 is 14.3 Å². The number of carbonyl (C=O) groups excluding carboxylic acids is 2. The largest absolute Gasteiger partial charge is 0.482 e. The number of nitrogens with one attached hydrogen (secondary N) is 2. The van der Waals surface area contributed by atoms with Crippen LogP contribution in [-0.2, 0) is 4.79 Å². The maximum Gasteiger partial charge on any atom is 0.288 e. The van der Waals surface area contributed by atoms with Crippen LogP contribution in [0.5, 0.6) is 5.75 Å². The molecule has 2 heterocycles. The average Bonchev–Trinajstić information content (AvgIpc) is 2.96. The average molecular weight is 393 g/mol. The topological polar surface area (TPSA) is 84.7 Å². The number of hydrogen-bond donors (Lipinski definition) is 2. The number of halogens is 2. The quantitative estimate of drug-likeness (QED) is 0.668. The summed E-state index contributed by atoms with van der Waals surface area (Å²) < 4.78 is 6.94. The van der Waals surface area contributed by atoms with Crippen molar-refractivity contribution in [3.05, 3.63) is 64.0 Å². The molecule has 9 heteroatoms. The van der Waals surface area contributed by atoms with Crippen LogP contribution in [0.15, 0.2) is 42.6 Å². The molecule has 7 nitrogen and oxygen atoms in total. The van der Waals surface area contributed by atoms with E-state index in [0.29, 0.717) is 27.1 Å². The molecule has 0 bridgehead atoms. The van der Waals surface area contributed by atoms with Crippen molar-refractivity contribution in [1.29, 1.82) is 0 Å². The van der Waals surface area contributed by atoms with E-state index in [1.165, 1.54) is 6.07 Å². The van der Waals surface area contributed by atoms with Gasteiger partial charge in [0.2, 0.25) is 0 Å². The van der Waals surface area contributed by atoms with Crippen LogP contribution in [0.25, 0.3) is 5.65 Å². The Morgan fingerprint density at radius 3 is 2.81 bits per heavy atom. The van der Waals surface area contributed by atoms with E-state index in [1.807, 2.05) is 6.07 Å². The molecule has 0 saturated heterocycles. The molecule has 0 fully saturated rings. The summed E-state index contributed by atoms with van der Waals surface area (Å²) in [7, 11) is 0. The third-order valence-electron chi connectivity index (χ3n) is 3.49. The third-order valence-corrected chi connectivity index (χ3v) is 4.03. The van der Waals surface area contributed by atoms with Crippen molar-refractivity contribution in [2.75, 3.05) is 6.61 Å². The number of hydrogen-bond acceptors (Lipinski definition) is 4. The Morgan fingerprint density at radius 2 is 2.00 bits per heavy atom. The molecule has 2 N–H and O–H groups in total. The summed E-state index contributed by atoms with van der Waals surface area (Å²) in [6.07, 6.45) is 1.72. The summed E-state index contributed by atoms with van der Waals surface area (Å²) in [4.78, 5) is 28.5. The van der Waals surface area contributed by atoms with Crippen LogP contribution in [-0.4, -0.2) is 27.8 Å². The Morgan fingerprint density at radius 1 is 1.19 bits per heavy atom. The summed E-state index contributed by atoms with van der Waals surface area (Å²) >= 11 is 11.8. The molecule has 0 unspecified atom stereocenters. The predicted molar refractivity (Wildman–Crippen MR) is 97.5 cm³/mol. The first-order valence-corrected chi connectivity index (χ1v) is 8.32. The van der Waals surface area contributed by atoms with Gasteiger partial charge in [-0.15, -0.1) is 0 Å². The van der Waals surface area contributed by atoms with E-state index in [4.69, 9.17) is 27.9 Å². The number of carbonyl (C=O) groups is 2. The zero-order valence-corrected chi connectivity index (χ0v) is 15.1. The van der Waals surface area contributed by atoms with Crippen molar-refractivity contribution in [2.24, 2.45) is 0 Å². The lowest BCUT2D eigenvalue weighted by Crippen LogP contribution is -2.44. The van der Waals surface area contributed by atoms with E-state index < -0.39 is 11.8 Å². The highest BCUT2D eigenvalue weighted by Crippen LogP contribution is 2.27. The number of aryl methyl sites for hydroxylation is 1. The van der Waals surface area contributed by atoms with Gasteiger partial charge in [-0.2, -0.15) is 0 Å². The van der Waals surface area contributed by atoms with Gasteiger partial charge in [0.25, 0.3) is 11.8 Å². The Labute approximate surface area is 158 Å². The van der Waals surface area contributed by atoms with Gasteiger partial charge in [0.05, 0.1) is 10.7 Å². The number of pyridine rings is 1. The Kier molecular flexibility index (Phi) is 5.29. The number of aromatic nitrogens is 2. The van der Waals surface area contributed by atoms with Gasteiger partial charge in [-0.05, 0) is 31.2 Å². The number of imidazole rings is 1. The van der Waals surface area contributed by atoms with Gasteiger partial charge in [0.1, 0.15) is 17.1 Å². The molecule has 2 aromatic heterocycles. The molecular weight excluding hydrogens is 379 g/mol. The molecule has 0 atom stereocenters. The molecular formula is C17H14Cl2N4O3. The Bertz CT molecular complexity index is 987. The monoisotopic (exact) mass is 392 g/mol.